The summed E-state index contributed by atoms with van der Waals surface area (Å²) in [5, 5.41) is 3.46. The minimum atomic E-state index is 0.849. The molecule has 0 aromatic rings. The van der Waals surface area contributed by atoms with E-state index in [0.29, 0.717) is 0 Å². The maximum absolute atomic E-state index is 5.27. The largest absolute Gasteiger partial charge is 0.382 e. The van der Waals surface area contributed by atoms with Gasteiger partial charge in [-0.1, -0.05) is 13.3 Å². The molecule has 92 valence electrons. The molecular weight excluding hydrogens is 206 g/mol. The SMILES string of the molecule is CCCCSCCNCCCCOCC. The molecule has 0 rings (SSSR count). The Labute approximate surface area is 99.5 Å². The lowest BCUT2D eigenvalue weighted by atomic mass is 10.3. The fourth-order valence-electron chi connectivity index (χ4n) is 1.22. The smallest absolute Gasteiger partial charge is 0.0466 e. The van der Waals surface area contributed by atoms with Crippen molar-refractivity contribution in [1.82, 2.24) is 5.32 Å². The van der Waals surface area contributed by atoms with Gasteiger partial charge < -0.3 is 10.1 Å². The van der Waals surface area contributed by atoms with Crippen molar-refractivity contribution in [2.75, 3.05) is 37.8 Å². The van der Waals surface area contributed by atoms with Gasteiger partial charge in [-0.25, -0.2) is 0 Å². The Bertz CT molecular complexity index is 99.8. The molecule has 1 N–H and O–H groups in total. The van der Waals surface area contributed by atoms with Crippen LogP contribution in [-0.4, -0.2) is 37.8 Å². The highest BCUT2D eigenvalue weighted by atomic mass is 32.2. The first kappa shape index (κ1) is 15.3. The van der Waals surface area contributed by atoms with Crippen LogP contribution in [0.5, 0.6) is 0 Å². The number of ether oxygens (including phenoxy) is 1. The molecule has 3 heteroatoms. The Morgan fingerprint density at radius 2 is 1.87 bits per heavy atom. The first-order valence-corrected chi connectivity index (χ1v) is 7.43. The van der Waals surface area contributed by atoms with Crippen LogP contribution in [-0.2, 0) is 4.74 Å². The van der Waals surface area contributed by atoms with Crippen molar-refractivity contribution in [3.8, 4) is 0 Å². The lowest BCUT2D eigenvalue weighted by Gasteiger charge is -2.04. The average molecular weight is 233 g/mol. The van der Waals surface area contributed by atoms with Gasteiger partial charge >= 0.3 is 0 Å². The van der Waals surface area contributed by atoms with Crippen LogP contribution in [0.2, 0.25) is 0 Å². The van der Waals surface area contributed by atoms with Crippen molar-refractivity contribution in [2.24, 2.45) is 0 Å². The molecule has 0 atom stereocenters. The van der Waals surface area contributed by atoms with E-state index in [0.717, 1.165) is 26.3 Å². The standard InChI is InChI=1S/C12H27NOS/c1-3-5-11-15-12-9-13-8-6-7-10-14-4-2/h13H,3-12H2,1-2H3. The van der Waals surface area contributed by atoms with Crippen LogP contribution in [0.1, 0.15) is 39.5 Å². The van der Waals surface area contributed by atoms with E-state index in [1.165, 1.54) is 37.2 Å². The molecule has 0 spiro atoms. The Morgan fingerprint density at radius 3 is 2.60 bits per heavy atom. The van der Waals surface area contributed by atoms with Gasteiger partial charge in [-0.05, 0) is 38.5 Å². The van der Waals surface area contributed by atoms with Crippen molar-refractivity contribution < 1.29 is 4.74 Å². The fourth-order valence-corrected chi connectivity index (χ4v) is 2.20. The lowest BCUT2D eigenvalue weighted by molar-refractivity contribution is 0.143. The van der Waals surface area contributed by atoms with E-state index in [-0.39, 0.29) is 0 Å². The number of nitrogens with one attached hydrogen (secondary N) is 1. The minimum absolute atomic E-state index is 0.849. The Kier molecular flexibility index (Phi) is 14.5. The summed E-state index contributed by atoms with van der Waals surface area (Å²) in [4.78, 5) is 0. The van der Waals surface area contributed by atoms with Crippen molar-refractivity contribution in [1.29, 1.82) is 0 Å². The second kappa shape index (κ2) is 14.3. The predicted octanol–water partition coefficient (Wildman–Crippen LogP) is 2.93. The third kappa shape index (κ3) is 14.3. The maximum Gasteiger partial charge on any atom is 0.0466 e. The Balaban J connectivity index is 2.81. The second-order valence-corrected chi connectivity index (χ2v) is 4.84. The summed E-state index contributed by atoms with van der Waals surface area (Å²) < 4.78 is 5.27. The molecule has 0 amide bonds. The van der Waals surface area contributed by atoms with Gasteiger partial charge in [-0.3, -0.25) is 0 Å². The molecular formula is C12H27NOS. The summed E-state index contributed by atoms with van der Waals surface area (Å²) in [5.74, 6) is 2.58. The van der Waals surface area contributed by atoms with Gasteiger partial charge in [0, 0.05) is 25.5 Å². The summed E-state index contributed by atoms with van der Waals surface area (Å²) in [5.41, 5.74) is 0. The number of hydrogen-bond acceptors (Lipinski definition) is 3. The molecule has 0 aliphatic rings. The summed E-state index contributed by atoms with van der Waals surface area (Å²) in [6.45, 7) is 8.36. The van der Waals surface area contributed by atoms with E-state index >= 15 is 0 Å². The van der Waals surface area contributed by atoms with E-state index in [2.05, 4.69) is 24.0 Å². The van der Waals surface area contributed by atoms with Crippen LogP contribution in [0.15, 0.2) is 0 Å². The van der Waals surface area contributed by atoms with Gasteiger partial charge in [0.2, 0.25) is 0 Å². The lowest BCUT2D eigenvalue weighted by Crippen LogP contribution is -2.18. The van der Waals surface area contributed by atoms with Crippen molar-refractivity contribution in [3.05, 3.63) is 0 Å². The molecule has 0 fully saturated rings. The van der Waals surface area contributed by atoms with Crippen molar-refractivity contribution in [2.45, 2.75) is 39.5 Å². The first-order chi connectivity index (χ1) is 7.41. The van der Waals surface area contributed by atoms with Crippen LogP contribution >= 0.6 is 11.8 Å². The van der Waals surface area contributed by atoms with Crippen LogP contribution < -0.4 is 5.32 Å². The van der Waals surface area contributed by atoms with Gasteiger partial charge in [0.1, 0.15) is 0 Å². The van der Waals surface area contributed by atoms with E-state index in [9.17, 15) is 0 Å². The molecule has 0 aromatic carbocycles. The highest BCUT2D eigenvalue weighted by Crippen LogP contribution is 2.02. The van der Waals surface area contributed by atoms with Gasteiger partial charge in [-0.15, -0.1) is 0 Å². The van der Waals surface area contributed by atoms with Crippen LogP contribution in [0.25, 0.3) is 0 Å². The zero-order valence-electron chi connectivity index (χ0n) is 10.4. The normalized spacial score (nSPS) is 10.8. The molecule has 0 aliphatic heterocycles. The zero-order chi connectivity index (χ0) is 11.2. The molecule has 2 nitrogen and oxygen atoms in total. The molecule has 0 radical (unpaired) electrons. The number of hydrogen-bond donors (Lipinski definition) is 1. The van der Waals surface area contributed by atoms with Gasteiger partial charge in [0.25, 0.3) is 0 Å². The number of rotatable bonds is 12. The third-order valence-electron chi connectivity index (χ3n) is 2.16. The topological polar surface area (TPSA) is 21.3 Å². The zero-order valence-corrected chi connectivity index (χ0v) is 11.2. The molecule has 0 aliphatic carbocycles. The first-order valence-electron chi connectivity index (χ1n) is 6.28. The molecule has 15 heavy (non-hydrogen) atoms. The Hall–Kier alpha value is 0.270. The number of unbranched alkanes of at least 4 members (excludes halogenated alkanes) is 2. The van der Waals surface area contributed by atoms with E-state index < -0.39 is 0 Å². The van der Waals surface area contributed by atoms with Gasteiger partial charge in [-0.2, -0.15) is 11.8 Å². The molecule has 0 unspecified atom stereocenters. The predicted molar refractivity (Wildman–Crippen MR) is 70.8 cm³/mol. The van der Waals surface area contributed by atoms with E-state index in [4.69, 9.17) is 4.74 Å². The van der Waals surface area contributed by atoms with Gasteiger partial charge in [0.15, 0.2) is 0 Å². The second-order valence-electron chi connectivity index (χ2n) is 3.62. The summed E-state index contributed by atoms with van der Waals surface area (Å²) in [6, 6.07) is 0. The highest BCUT2D eigenvalue weighted by Gasteiger charge is 1.90. The summed E-state index contributed by atoms with van der Waals surface area (Å²) >= 11 is 2.06. The minimum Gasteiger partial charge on any atom is -0.382 e. The average Bonchev–Trinajstić information content (AvgIpc) is 2.26. The monoisotopic (exact) mass is 233 g/mol. The summed E-state index contributed by atoms with van der Waals surface area (Å²) in [6.07, 6.45) is 5.10. The number of thioether (sulfide) groups is 1. The maximum atomic E-state index is 5.27. The third-order valence-corrected chi connectivity index (χ3v) is 3.23. The molecule has 0 heterocycles. The molecule has 0 bridgehead atoms. The van der Waals surface area contributed by atoms with Crippen LogP contribution in [0, 0.1) is 0 Å². The fraction of sp³-hybridized carbons (Fsp3) is 1.00. The van der Waals surface area contributed by atoms with E-state index in [1.807, 2.05) is 6.92 Å². The van der Waals surface area contributed by atoms with Crippen LogP contribution in [0.4, 0.5) is 0 Å². The highest BCUT2D eigenvalue weighted by molar-refractivity contribution is 7.99. The van der Waals surface area contributed by atoms with Crippen LogP contribution in [0.3, 0.4) is 0 Å². The van der Waals surface area contributed by atoms with Crippen molar-refractivity contribution in [3.63, 3.8) is 0 Å². The molecule has 0 saturated heterocycles. The summed E-state index contributed by atoms with van der Waals surface area (Å²) in [7, 11) is 0. The molecule has 0 saturated carbocycles. The van der Waals surface area contributed by atoms with Crippen molar-refractivity contribution >= 4 is 11.8 Å². The molecule has 0 aromatic heterocycles. The Morgan fingerprint density at radius 1 is 1.00 bits per heavy atom. The van der Waals surface area contributed by atoms with Gasteiger partial charge in [0.05, 0.1) is 0 Å². The van der Waals surface area contributed by atoms with E-state index in [1.54, 1.807) is 0 Å². The quantitative estimate of drug-likeness (QED) is 0.524.